The summed E-state index contributed by atoms with van der Waals surface area (Å²) in [4.78, 5) is 4.08. The lowest BCUT2D eigenvalue weighted by molar-refractivity contribution is 0.516. The number of nitrogens with one attached hydrogen (secondary N) is 1. The topological polar surface area (TPSA) is 38.1 Å². The molecular formula is C9H16N2O. The van der Waals surface area contributed by atoms with Crippen LogP contribution < -0.4 is 5.32 Å². The molecule has 12 heavy (non-hydrogen) atoms. The number of oxazole rings is 1. The number of aryl methyl sites for hydroxylation is 1. The maximum Gasteiger partial charge on any atom is 0.181 e. The van der Waals surface area contributed by atoms with Crippen molar-refractivity contribution < 1.29 is 4.42 Å². The molecule has 0 radical (unpaired) electrons. The molecule has 0 saturated carbocycles. The van der Waals surface area contributed by atoms with E-state index in [9.17, 15) is 0 Å². The molecule has 1 rings (SSSR count). The summed E-state index contributed by atoms with van der Waals surface area (Å²) in [6.07, 6.45) is 1.49. The fourth-order valence-corrected chi connectivity index (χ4v) is 0.977. The fraction of sp³-hybridized carbons (Fsp3) is 0.667. The van der Waals surface area contributed by atoms with Crippen molar-refractivity contribution >= 4 is 0 Å². The summed E-state index contributed by atoms with van der Waals surface area (Å²) in [5, 5.41) is 3.31. The average Bonchev–Trinajstić information content (AvgIpc) is 2.36. The second-order valence-electron chi connectivity index (χ2n) is 3.38. The number of aromatic nitrogens is 1. The van der Waals surface area contributed by atoms with E-state index in [-0.39, 0.29) is 0 Å². The average molecular weight is 168 g/mol. The zero-order valence-corrected chi connectivity index (χ0v) is 7.92. The predicted molar refractivity (Wildman–Crippen MR) is 47.8 cm³/mol. The highest BCUT2D eigenvalue weighted by molar-refractivity contribution is 5.03. The lowest BCUT2D eigenvalue weighted by Gasteiger charge is -2.04. The number of hydrogen-bond donors (Lipinski definition) is 1. The summed E-state index contributed by atoms with van der Waals surface area (Å²) in [5.74, 6) is 1.59. The van der Waals surface area contributed by atoms with Gasteiger partial charge in [0.15, 0.2) is 6.39 Å². The van der Waals surface area contributed by atoms with Crippen LogP contribution in [0.25, 0.3) is 0 Å². The van der Waals surface area contributed by atoms with Crippen LogP contribution in [-0.4, -0.2) is 11.5 Å². The molecule has 1 aromatic heterocycles. The van der Waals surface area contributed by atoms with E-state index in [1.807, 2.05) is 6.92 Å². The van der Waals surface area contributed by atoms with Crippen molar-refractivity contribution in [1.82, 2.24) is 10.3 Å². The van der Waals surface area contributed by atoms with Gasteiger partial charge in [0.05, 0.1) is 5.69 Å². The van der Waals surface area contributed by atoms with E-state index in [1.165, 1.54) is 6.39 Å². The SMILES string of the molecule is Cc1ocnc1CNCC(C)C. The van der Waals surface area contributed by atoms with E-state index in [1.54, 1.807) is 0 Å². The lowest BCUT2D eigenvalue weighted by Crippen LogP contribution is -2.19. The summed E-state index contributed by atoms with van der Waals surface area (Å²) >= 11 is 0. The van der Waals surface area contributed by atoms with Crippen LogP contribution >= 0.6 is 0 Å². The third-order valence-corrected chi connectivity index (χ3v) is 1.69. The molecule has 1 heterocycles. The second kappa shape index (κ2) is 4.26. The first-order chi connectivity index (χ1) is 5.70. The Balaban J connectivity index is 2.29. The Labute approximate surface area is 73.2 Å². The van der Waals surface area contributed by atoms with E-state index in [4.69, 9.17) is 4.42 Å². The van der Waals surface area contributed by atoms with Gasteiger partial charge in [0.1, 0.15) is 5.76 Å². The molecule has 3 nitrogen and oxygen atoms in total. The maximum atomic E-state index is 5.07. The molecular weight excluding hydrogens is 152 g/mol. The van der Waals surface area contributed by atoms with Crippen molar-refractivity contribution in [3.05, 3.63) is 17.8 Å². The molecule has 68 valence electrons. The number of hydrogen-bond acceptors (Lipinski definition) is 3. The third kappa shape index (κ3) is 2.66. The van der Waals surface area contributed by atoms with E-state index >= 15 is 0 Å². The Morgan fingerprint density at radius 2 is 2.33 bits per heavy atom. The van der Waals surface area contributed by atoms with Gasteiger partial charge in [-0.3, -0.25) is 0 Å². The summed E-state index contributed by atoms with van der Waals surface area (Å²) in [7, 11) is 0. The van der Waals surface area contributed by atoms with E-state index < -0.39 is 0 Å². The van der Waals surface area contributed by atoms with Gasteiger partial charge in [-0.15, -0.1) is 0 Å². The molecule has 0 atom stereocenters. The van der Waals surface area contributed by atoms with Gasteiger partial charge < -0.3 is 9.73 Å². The first-order valence-corrected chi connectivity index (χ1v) is 4.30. The zero-order valence-electron chi connectivity index (χ0n) is 7.92. The minimum Gasteiger partial charge on any atom is -0.448 e. The Hall–Kier alpha value is -0.830. The van der Waals surface area contributed by atoms with E-state index in [0.717, 1.165) is 24.5 Å². The van der Waals surface area contributed by atoms with Crippen LogP contribution in [-0.2, 0) is 6.54 Å². The van der Waals surface area contributed by atoms with Gasteiger partial charge in [0.2, 0.25) is 0 Å². The van der Waals surface area contributed by atoms with Crippen molar-refractivity contribution in [2.75, 3.05) is 6.54 Å². The molecule has 0 fully saturated rings. The lowest BCUT2D eigenvalue weighted by atomic mass is 10.2. The van der Waals surface area contributed by atoms with Crippen LogP contribution in [0.3, 0.4) is 0 Å². The summed E-state index contributed by atoms with van der Waals surface area (Å²) in [6.45, 7) is 8.12. The van der Waals surface area contributed by atoms with Crippen molar-refractivity contribution in [2.24, 2.45) is 5.92 Å². The summed E-state index contributed by atoms with van der Waals surface area (Å²) in [5.41, 5.74) is 1.01. The summed E-state index contributed by atoms with van der Waals surface area (Å²) < 4.78 is 5.07. The highest BCUT2D eigenvalue weighted by Gasteiger charge is 2.01. The van der Waals surface area contributed by atoms with Gasteiger partial charge in [-0.1, -0.05) is 13.8 Å². The normalized spacial score (nSPS) is 11.0. The van der Waals surface area contributed by atoms with Crippen molar-refractivity contribution in [1.29, 1.82) is 0 Å². The molecule has 0 saturated heterocycles. The van der Waals surface area contributed by atoms with Crippen LogP contribution in [0.1, 0.15) is 25.3 Å². The fourth-order valence-electron chi connectivity index (χ4n) is 0.977. The van der Waals surface area contributed by atoms with Gasteiger partial charge in [-0.2, -0.15) is 0 Å². The minimum atomic E-state index is 0.678. The number of rotatable bonds is 4. The molecule has 0 bridgehead atoms. The molecule has 0 aromatic carbocycles. The first kappa shape index (κ1) is 9.26. The van der Waals surface area contributed by atoms with Crippen LogP contribution in [0.5, 0.6) is 0 Å². The monoisotopic (exact) mass is 168 g/mol. The third-order valence-electron chi connectivity index (χ3n) is 1.69. The zero-order chi connectivity index (χ0) is 8.97. The highest BCUT2D eigenvalue weighted by atomic mass is 16.3. The smallest absolute Gasteiger partial charge is 0.181 e. The minimum absolute atomic E-state index is 0.678. The second-order valence-corrected chi connectivity index (χ2v) is 3.38. The quantitative estimate of drug-likeness (QED) is 0.744. The number of nitrogens with zero attached hydrogens (tertiary/aromatic N) is 1. The van der Waals surface area contributed by atoms with Crippen LogP contribution in [0.4, 0.5) is 0 Å². The molecule has 0 spiro atoms. The molecule has 1 N–H and O–H groups in total. The van der Waals surface area contributed by atoms with Crippen molar-refractivity contribution in [2.45, 2.75) is 27.3 Å². The molecule has 3 heteroatoms. The van der Waals surface area contributed by atoms with Gasteiger partial charge in [0, 0.05) is 6.54 Å². The van der Waals surface area contributed by atoms with Gasteiger partial charge >= 0.3 is 0 Å². The highest BCUT2D eigenvalue weighted by Crippen LogP contribution is 2.03. The maximum absolute atomic E-state index is 5.07. The Bertz CT molecular complexity index is 230. The van der Waals surface area contributed by atoms with E-state index in [2.05, 4.69) is 24.1 Å². The molecule has 0 aliphatic heterocycles. The van der Waals surface area contributed by atoms with Gasteiger partial charge in [-0.25, -0.2) is 4.98 Å². The Morgan fingerprint density at radius 3 is 2.83 bits per heavy atom. The van der Waals surface area contributed by atoms with Crippen LogP contribution in [0.2, 0.25) is 0 Å². The van der Waals surface area contributed by atoms with Crippen molar-refractivity contribution in [3.63, 3.8) is 0 Å². The first-order valence-electron chi connectivity index (χ1n) is 4.30. The molecule has 0 aliphatic rings. The largest absolute Gasteiger partial charge is 0.448 e. The van der Waals surface area contributed by atoms with Crippen LogP contribution in [0, 0.1) is 12.8 Å². The van der Waals surface area contributed by atoms with Gasteiger partial charge in [0.25, 0.3) is 0 Å². The molecule has 0 aliphatic carbocycles. The Morgan fingerprint density at radius 1 is 1.58 bits per heavy atom. The summed E-state index contributed by atoms with van der Waals surface area (Å²) in [6, 6.07) is 0. The van der Waals surface area contributed by atoms with Crippen molar-refractivity contribution in [3.8, 4) is 0 Å². The van der Waals surface area contributed by atoms with Gasteiger partial charge in [-0.05, 0) is 19.4 Å². The Kier molecular flexibility index (Phi) is 3.29. The van der Waals surface area contributed by atoms with Crippen LogP contribution in [0.15, 0.2) is 10.8 Å². The molecule has 0 unspecified atom stereocenters. The molecule has 0 amide bonds. The predicted octanol–water partition coefficient (Wildman–Crippen LogP) is 1.73. The molecule has 1 aromatic rings. The van der Waals surface area contributed by atoms with E-state index in [0.29, 0.717) is 5.92 Å². The standard InChI is InChI=1S/C9H16N2O/c1-7(2)4-10-5-9-8(3)12-6-11-9/h6-7,10H,4-5H2,1-3H3.